The first-order valence-corrected chi connectivity index (χ1v) is 12.7. The Hall–Kier alpha value is -3.76. The fraction of sp³-hybridized carbons (Fsp3) is 0.192. The summed E-state index contributed by atoms with van der Waals surface area (Å²) in [7, 11) is 1.65. The summed E-state index contributed by atoms with van der Waals surface area (Å²) in [5.41, 5.74) is 3.78. The number of methoxy groups -OCH3 is 1. The highest BCUT2D eigenvalue weighted by Gasteiger charge is 2.19. The standard InChI is InChI=1S/C26H25N7OS2/c1-34-21-9-7-18(8-10-21)16-29-25(35)32-24-30-22(15-23(31-24)36-26-27-12-4-13-28-26)33-14-11-19-5-2-3-6-20(19)17-33/h2-10,12-13,15H,11,14,16-17H2,1H3,(H2,29,30,31,32,35). The van der Waals surface area contributed by atoms with Gasteiger partial charge in [-0.25, -0.2) is 15.0 Å². The first-order chi connectivity index (χ1) is 17.7. The van der Waals surface area contributed by atoms with Crippen LogP contribution in [-0.4, -0.2) is 38.7 Å². The Bertz CT molecular complexity index is 1340. The van der Waals surface area contributed by atoms with Crippen LogP contribution in [0.2, 0.25) is 0 Å². The van der Waals surface area contributed by atoms with Crippen molar-refractivity contribution in [2.24, 2.45) is 0 Å². The van der Waals surface area contributed by atoms with Gasteiger partial charge < -0.3 is 20.3 Å². The largest absolute Gasteiger partial charge is 0.497 e. The summed E-state index contributed by atoms with van der Waals surface area (Å²) in [5.74, 6) is 2.08. The number of thiocarbonyl (C=S) groups is 1. The molecular weight excluding hydrogens is 490 g/mol. The molecule has 0 amide bonds. The molecule has 182 valence electrons. The van der Waals surface area contributed by atoms with Crippen LogP contribution in [0.25, 0.3) is 0 Å². The minimum atomic E-state index is 0.428. The Balaban J connectivity index is 1.33. The maximum atomic E-state index is 5.54. The van der Waals surface area contributed by atoms with Crippen LogP contribution in [0.15, 0.2) is 83.2 Å². The van der Waals surface area contributed by atoms with Gasteiger partial charge in [-0.15, -0.1) is 0 Å². The lowest BCUT2D eigenvalue weighted by molar-refractivity contribution is 0.414. The molecule has 0 saturated carbocycles. The van der Waals surface area contributed by atoms with E-state index in [2.05, 4.69) is 54.8 Å². The molecule has 0 spiro atoms. The number of benzene rings is 2. The summed E-state index contributed by atoms with van der Waals surface area (Å²) < 4.78 is 5.22. The van der Waals surface area contributed by atoms with Gasteiger partial charge in [0.25, 0.3) is 0 Å². The zero-order chi connectivity index (χ0) is 24.7. The lowest BCUT2D eigenvalue weighted by Gasteiger charge is -2.30. The van der Waals surface area contributed by atoms with Crippen molar-refractivity contribution in [3.63, 3.8) is 0 Å². The summed E-state index contributed by atoms with van der Waals surface area (Å²) >= 11 is 6.93. The van der Waals surface area contributed by atoms with E-state index >= 15 is 0 Å². The third-order valence-electron chi connectivity index (χ3n) is 5.72. The smallest absolute Gasteiger partial charge is 0.232 e. The number of fused-ring (bicyclic) bond motifs is 1. The SMILES string of the molecule is COc1ccc(CNC(=S)Nc2nc(Sc3ncccn3)cc(N3CCc4ccccc4C3)n2)cc1. The number of anilines is 2. The topological polar surface area (TPSA) is 88.1 Å². The van der Waals surface area contributed by atoms with Crippen LogP contribution in [0.4, 0.5) is 11.8 Å². The van der Waals surface area contributed by atoms with Crippen LogP contribution in [0.1, 0.15) is 16.7 Å². The molecule has 0 bridgehead atoms. The van der Waals surface area contributed by atoms with Crippen LogP contribution in [0.5, 0.6) is 5.75 Å². The van der Waals surface area contributed by atoms with Gasteiger partial charge in [-0.05, 0) is 65.3 Å². The minimum Gasteiger partial charge on any atom is -0.497 e. The summed E-state index contributed by atoms with van der Waals surface area (Å²) in [6, 6.07) is 20.1. The molecule has 5 rings (SSSR count). The second-order valence-electron chi connectivity index (χ2n) is 8.12. The van der Waals surface area contributed by atoms with Gasteiger partial charge in [0.2, 0.25) is 5.95 Å². The Labute approximate surface area is 219 Å². The fourth-order valence-electron chi connectivity index (χ4n) is 3.88. The molecule has 0 aliphatic carbocycles. The van der Waals surface area contributed by atoms with E-state index in [1.807, 2.05) is 30.3 Å². The van der Waals surface area contributed by atoms with Crippen molar-refractivity contribution < 1.29 is 4.74 Å². The molecule has 0 fully saturated rings. The number of nitrogens with one attached hydrogen (secondary N) is 2. The average Bonchev–Trinajstić information content (AvgIpc) is 2.92. The minimum absolute atomic E-state index is 0.428. The molecular formula is C26H25N7OS2. The Morgan fingerprint density at radius 1 is 1.03 bits per heavy atom. The highest BCUT2D eigenvalue weighted by molar-refractivity contribution is 7.99. The number of rotatable bonds is 7. The quantitative estimate of drug-likeness (QED) is 0.209. The second-order valence-corrected chi connectivity index (χ2v) is 9.51. The van der Waals surface area contributed by atoms with Gasteiger partial charge in [0.1, 0.15) is 16.6 Å². The van der Waals surface area contributed by atoms with E-state index in [0.717, 1.165) is 41.7 Å². The number of aromatic nitrogens is 4. The lowest BCUT2D eigenvalue weighted by Crippen LogP contribution is -2.32. The maximum absolute atomic E-state index is 5.54. The Morgan fingerprint density at radius 2 is 1.81 bits per heavy atom. The Morgan fingerprint density at radius 3 is 2.58 bits per heavy atom. The van der Waals surface area contributed by atoms with E-state index in [0.29, 0.717) is 22.8 Å². The third kappa shape index (κ3) is 6.07. The molecule has 36 heavy (non-hydrogen) atoms. The molecule has 8 nitrogen and oxygen atoms in total. The van der Waals surface area contributed by atoms with Crippen LogP contribution in [-0.2, 0) is 19.5 Å². The van der Waals surface area contributed by atoms with Crippen molar-refractivity contribution in [2.75, 3.05) is 23.9 Å². The molecule has 1 aliphatic heterocycles. The predicted octanol–water partition coefficient (Wildman–Crippen LogP) is 4.48. The molecule has 1 aliphatic rings. The lowest BCUT2D eigenvalue weighted by atomic mass is 10.00. The first kappa shape index (κ1) is 24.0. The molecule has 2 aromatic heterocycles. The van der Waals surface area contributed by atoms with Gasteiger partial charge in [0, 0.05) is 38.1 Å². The number of ether oxygens (including phenoxy) is 1. The summed E-state index contributed by atoms with van der Waals surface area (Å²) in [5, 5.41) is 8.18. The molecule has 4 aromatic rings. The number of nitrogens with zero attached hydrogens (tertiary/aromatic N) is 5. The fourth-order valence-corrected chi connectivity index (χ4v) is 4.75. The van der Waals surface area contributed by atoms with Crippen LogP contribution >= 0.6 is 24.0 Å². The van der Waals surface area contributed by atoms with E-state index in [4.69, 9.17) is 21.9 Å². The molecule has 2 aromatic carbocycles. The molecule has 2 N–H and O–H groups in total. The van der Waals surface area contributed by atoms with Crippen molar-refractivity contribution in [1.29, 1.82) is 0 Å². The van der Waals surface area contributed by atoms with E-state index in [-0.39, 0.29) is 0 Å². The summed E-state index contributed by atoms with van der Waals surface area (Å²) in [6.07, 6.45) is 4.40. The zero-order valence-electron chi connectivity index (χ0n) is 19.7. The van der Waals surface area contributed by atoms with Gasteiger partial charge in [-0.2, -0.15) is 4.98 Å². The molecule has 3 heterocycles. The van der Waals surface area contributed by atoms with Gasteiger partial charge in [0.05, 0.1) is 7.11 Å². The highest BCUT2D eigenvalue weighted by Crippen LogP contribution is 2.29. The number of hydrogen-bond donors (Lipinski definition) is 2. The second kappa shape index (κ2) is 11.3. The maximum Gasteiger partial charge on any atom is 0.232 e. The van der Waals surface area contributed by atoms with Crippen molar-refractivity contribution >= 4 is 40.9 Å². The van der Waals surface area contributed by atoms with E-state index in [1.165, 1.54) is 22.9 Å². The molecule has 10 heteroatoms. The van der Waals surface area contributed by atoms with E-state index in [1.54, 1.807) is 25.6 Å². The van der Waals surface area contributed by atoms with Gasteiger partial charge in [0.15, 0.2) is 10.3 Å². The average molecular weight is 516 g/mol. The monoisotopic (exact) mass is 515 g/mol. The highest BCUT2D eigenvalue weighted by atomic mass is 32.2. The third-order valence-corrected chi connectivity index (χ3v) is 6.78. The Kier molecular flexibility index (Phi) is 7.53. The summed E-state index contributed by atoms with van der Waals surface area (Å²) in [6.45, 7) is 2.23. The van der Waals surface area contributed by atoms with E-state index < -0.39 is 0 Å². The summed E-state index contributed by atoms with van der Waals surface area (Å²) in [4.78, 5) is 20.4. The molecule has 0 atom stereocenters. The van der Waals surface area contributed by atoms with Crippen molar-refractivity contribution in [1.82, 2.24) is 25.3 Å². The van der Waals surface area contributed by atoms with Crippen molar-refractivity contribution in [3.8, 4) is 5.75 Å². The van der Waals surface area contributed by atoms with Gasteiger partial charge in [-0.1, -0.05) is 36.4 Å². The van der Waals surface area contributed by atoms with E-state index in [9.17, 15) is 0 Å². The van der Waals surface area contributed by atoms with Crippen molar-refractivity contribution in [2.45, 2.75) is 29.7 Å². The molecule has 0 saturated heterocycles. The molecule has 0 radical (unpaired) electrons. The predicted molar refractivity (Wildman–Crippen MR) is 145 cm³/mol. The van der Waals surface area contributed by atoms with Gasteiger partial charge in [-0.3, -0.25) is 0 Å². The van der Waals surface area contributed by atoms with Crippen LogP contribution < -0.4 is 20.3 Å². The van der Waals surface area contributed by atoms with Crippen LogP contribution in [0.3, 0.4) is 0 Å². The molecule has 0 unspecified atom stereocenters. The van der Waals surface area contributed by atoms with Gasteiger partial charge >= 0.3 is 0 Å². The number of hydrogen-bond acceptors (Lipinski definition) is 8. The zero-order valence-corrected chi connectivity index (χ0v) is 21.4. The van der Waals surface area contributed by atoms with Crippen LogP contribution in [0, 0.1) is 0 Å². The first-order valence-electron chi connectivity index (χ1n) is 11.5. The normalized spacial score (nSPS) is 12.5. The van der Waals surface area contributed by atoms with Crippen molar-refractivity contribution in [3.05, 3.63) is 89.7 Å².